The molecular weight excluding hydrogens is 202 g/mol. The average molecular weight is 215 g/mol. The molecule has 0 radical (unpaired) electrons. The molecule has 2 aromatic rings. The highest BCUT2D eigenvalue weighted by Crippen LogP contribution is 2.25. The molecule has 82 valence electrons. The van der Waals surface area contributed by atoms with E-state index in [0.717, 1.165) is 23.6 Å². The Balaban J connectivity index is 2.54. The fraction of sp³-hybridized carbons (Fsp3) is 0.231. The molecule has 0 atom stereocenters. The van der Waals surface area contributed by atoms with Gasteiger partial charge in [0.15, 0.2) is 0 Å². The molecule has 0 amide bonds. The largest absolute Gasteiger partial charge is 0.491 e. The van der Waals surface area contributed by atoms with Crippen LogP contribution in [0.15, 0.2) is 30.5 Å². The summed E-state index contributed by atoms with van der Waals surface area (Å²) >= 11 is 0. The van der Waals surface area contributed by atoms with Crippen LogP contribution in [0, 0.1) is 0 Å². The maximum Gasteiger partial charge on any atom is 0.150 e. The summed E-state index contributed by atoms with van der Waals surface area (Å²) in [5.41, 5.74) is 1.42. The van der Waals surface area contributed by atoms with Crippen molar-refractivity contribution in [2.24, 2.45) is 0 Å². The Morgan fingerprint density at radius 2 is 2.31 bits per heavy atom. The maximum atomic E-state index is 10.8. The first-order valence-corrected chi connectivity index (χ1v) is 5.32. The number of hydrogen-bond acceptors (Lipinski definition) is 3. The number of aromatic nitrogens is 1. The number of carbonyl (C=O) groups excluding carboxylic acids is 1. The number of benzene rings is 1. The van der Waals surface area contributed by atoms with E-state index in [2.05, 4.69) is 4.98 Å². The van der Waals surface area contributed by atoms with Crippen LogP contribution in [0.2, 0.25) is 0 Å². The molecule has 1 aromatic carbocycles. The fourth-order valence-electron chi connectivity index (χ4n) is 1.57. The minimum absolute atomic E-state index is 0.617. The number of pyridine rings is 1. The van der Waals surface area contributed by atoms with Crippen molar-refractivity contribution >= 4 is 17.2 Å². The first kappa shape index (κ1) is 10.6. The van der Waals surface area contributed by atoms with Gasteiger partial charge in [0.25, 0.3) is 0 Å². The molecule has 2 rings (SSSR count). The second-order valence-electron chi connectivity index (χ2n) is 3.56. The smallest absolute Gasteiger partial charge is 0.150 e. The quantitative estimate of drug-likeness (QED) is 0.736. The van der Waals surface area contributed by atoms with Gasteiger partial charge in [0.05, 0.1) is 6.61 Å². The van der Waals surface area contributed by atoms with E-state index in [-0.39, 0.29) is 0 Å². The number of rotatable bonds is 4. The Bertz CT molecular complexity index is 508. The highest BCUT2D eigenvalue weighted by molar-refractivity contribution is 5.91. The summed E-state index contributed by atoms with van der Waals surface area (Å²) in [5.74, 6) is 0.682. The first-order valence-electron chi connectivity index (χ1n) is 5.32. The second-order valence-corrected chi connectivity index (χ2v) is 3.56. The minimum atomic E-state index is 0.617. The Hall–Kier alpha value is -1.90. The first-order chi connectivity index (χ1) is 7.85. The van der Waals surface area contributed by atoms with Crippen LogP contribution in [-0.4, -0.2) is 17.9 Å². The predicted octanol–water partition coefficient (Wildman–Crippen LogP) is 2.84. The summed E-state index contributed by atoms with van der Waals surface area (Å²) in [6.45, 7) is 2.67. The normalized spacial score (nSPS) is 10.3. The van der Waals surface area contributed by atoms with Gasteiger partial charge in [0.1, 0.15) is 17.6 Å². The molecule has 0 bridgehead atoms. The predicted molar refractivity (Wildman–Crippen MR) is 62.9 cm³/mol. The SMILES string of the molecule is CCCOc1cc(C=O)cc2cccnc12. The lowest BCUT2D eigenvalue weighted by Crippen LogP contribution is -1.97. The van der Waals surface area contributed by atoms with E-state index in [1.165, 1.54) is 0 Å². The number of fused-ring (bicyclic) bond motifs is 1. The van der Waals surface area contributed by atoms with Crippen LogP contribution >= 0.6 is 0 Å². The minimum Gasteiger partial charge on any atom is -0.491 e. The summed E-state index contributed by atoms with van der Waals surface area (Å²) in [6, 6.07) is 7.32. The Morgan fingerprint density at radius 3 is 3.06 bits per heavy atom. The van der Waals surface area contributed by atoms with Gasteiger partial charge < -0.3 is 4.74 Å². The van der Waals surface area contributed by atoms with Gasteiger partial charge in [-0.1, -0.05) is 13.0 Å². The van der Waals surface area contributed by atoms with E-state index in [1.54, 1.807) is 12.3 Å². The zero-order valence-corrected chi connectivity index (χ0v) is 9.14. The van der Waals surface area contributed by atoms with E-state index in [0.29, 0.717) is 17.9 Å². The molecule has 0 spiro atoms. The molecule has 0 aliphatic heterocycles. The van der Waals surface area contributed by atoms with E-state index >= 15 is 0 Å². The van der Waals surface area contributed by atoms with E-state index in [4.69, 9.17) is 4.74 Å². The molecule has 0 saturated carbocycles. The van der Waals surface area contributed by atoms with Crippen molar-refractivity contribution < 1.29 is 9.53 Å². The zero-order chi connectivity index (χ0) is 11.4. The summed E-state index contributed by atoms with van der Waals surface area (Å²) in [5, 5.41) is 0.929. The molecule has 0 aliphatic rings. The van der Waals surface area contributed by atoms with Crippen molar-refractivity contribution in [2.45, 2.75) is 13.3 Å². The summed E-state index contributed by atoms with van der Waals surface area (Å²) in [4.78, 5) is 15.1. The van der Waals surface area contributed by atoms with Crippen LogP contribution in [-0.2, 0) is 0 Å². The van der Waals surface area contributed by atoms with Crippen LogP contribution < -0.4 is 4.74 Å². The van der Waals surface area contributed by atoms with E-state index < -0.39 is 0 Å². The number of aldehydes is 1. The molecule has 0 fully saturated rings. The average Bonchev–Trinajstić information content (AvgIpc) is 2.35. The van der Waals surface area contributed by atoms with Crippen LogP contribution in [0.5, 0.6) is 5.75 Å². The summed E-state index contributed by atoms with van der Waals surface area (Å²) < 4.78 is 5.59. The Labute approximate surface area is 94.1 Å². The van der Waals surface area contributed by atoms with Crippen molar-refractivity contribution in [2.75, 3.05) is 6.61 Å². The van der Waals surface area contributed by atoms with Gasteiger partial charge in [-0.05, 0) is 24.6 Å². The van der Waals surface area contributed by atoms with Gasteiger partial charge in [-0.15, -0.1) is 0 Å². The van der Waals surface area contributed by atoms with Gasteiger partial charge in [0.2, 0.25) is 0 Å². The lowest BCUT2D eigenvalue weighted by atomic mass is 10.1. The summed E-state index contributed by atoms with van der Waals surface area (Å²) in [7, 11) is 0. The zero-order valence-electron chi connectivity index (χ0n) is 9.14. The third kappa shape index (κ3) is 2.03. The van der Waals surface area contributed by atoms with Crippen molar-refractivity contribution in [3.05, 3.63) is 36.0 Å². The second kappa shape index (κ2) is 4.75. The molecule has 1 heterocycles. The lowest BCUT2D eigenvalue weighted by Gasteiger charge is -2.08. The van der Waals surface area contributed by atoms with Gasteiger partial charge in [0, 0.05) is 17.1 Å². The van der Waals surface area contributed by atoms with Gasteiger partial charge in [-0.25, -0.2) is 0 Å². The number of nitrogens with zero attached hydrogens (tertiary/aromatic N) is 1. The standard InChI is InChI=1S/C13H13NO2/c1-2-6-16-12-8-10(9-15)7-11-4-3-5-14-13(11)12/h3-5,7-9H,2,6H2,1H3. The Kier molecular flexibility index (Phi) is 3.15. The van der Waals surface area contributed by atoms with Crippen molar-refractivity contribution in [1.82, 2.24) is 4.98 Å². The lowest BCUT2D eigenvalue weighted by molar-refractivity contribution is 0.112. The van der Waals surface area contributed by atoms with Crippen molar-refractivity contribution in [3.63, 3.8) is 0 Å². The van der Waals surface area contributed by atoms with Crippen molar-refractivity contribution in [1.29, 1.82) is 0 Å². The fourth-order valence-corrected chi connectivity index (χ4v) is 1.57. The molecule has 0 N–H and O–H groups in total. The van der Waals surface area contributed by atoms with Crippen LogP contribution in [0.3, 0.4) is 0 Å². The third-order valence-electron chi connectivity index (χ3n) is 2.29. The Morgan fingerprint density at radius 1 is 1.44 bits per heavy atom. The molecule has 0 aliphatic carbocycles. The van der Waals surface area contributed by atoms with Crippen molar-refractivity contribution in [3.8, 4) is 5.75 Å². The number of ether oxygens (including phenoxy) is 1. The van der Waals surface area contributed by atoms with Gasteiger partial charge in [-0.2, -0.15) is 0 Å². The van der Waals surface area contributed by atoms with Gasteiger partial charge in [-0.3, -0.25) is 9.78 Å². The molecule has 16 heavy (non-hydrogen) atoms. The molecule has 3 nitrogen and oxygen atoms in total. The summed E-state index contributed by atoms with van der Waals surface area (Å²) in [6.07, 6.45) is 3.48. The van der Waals surface area contributed by atoms with Crippen LogP contribution in [0.1, 0.15) is 23.7 Å². The molecular formula is C13H13NO2. The monoisotopic (exact) mass is 215 g/mol. The molecule has 3 heteroatoms. The highest BCUT2D eigenvalue weighted by atomic mass is 16.5. The van der Waals surface area contributed by atoms with Gasteiger partial charge >= 0.3 is 0 Å². The van der Waals surface area contributed by atoms with Crippen LogP contribution in [0.25, 0.3) is 10.9 Å². The van der Waals surface area contributed by atoms with E-state index in [9.17, 15) is 4.79 Å². The number of hydrogen-bond donors (Lipinski definition) is 0. The molecule has 0 saturated heterocycles. The van der Waals surface area contributed by atoms with E-state index in [1.807, 2.05) is 25.1 Å². The highest BCUT2D eigenvalue weighted by Gasteiger charge is 2.05. The third-order valence-corrected chi connectivity index (χ3v) is 2.29. The number of carbonyl (C=O) groups is 1. The topological polar surface area (TPSA) is 39.2 Å². The van der Waals surface area contributed by atoms with Crippen LogP contribution in [0.4, 0.5) is 0 Å². The maximum absolute atomic E-state index is 10.8. The molecule has 1 aromatic heterocycles. The molecule has 0 unspecified atom stereocenters.